The van der Waals surface area contributed by atoms with Crippen molar-refractivity contribution in [1.29, 1.82) is 0 Å². The molecule has 1 N–H and O–H groups in total. The van der Waals surface area contributed by atoms with E-state index in [9.17, 15) is 14.4 Å². The highest BCUT2D eigenvalue weighted by atomic mass is 32.2. The third-order valence-electron chi connectivity index (χ3n) is 5.81. The number of imidazole rings is 1. The normalized spacial score (nSPS) is 11.1. The zero-order valence-corrected chi connectivity index (χ0v) is 21.7. The molecular weight excluding hydrogens is 470 g/mol. The topological polar surface area (TPSA) is 109 Å². The van der Waals surface area contributed by atoms with Gasteiger partial charge >= 0.3 is 5.69 Å². The molecule has 0 unspecified atom stereocenters. The summed E-state index contributed by atoms with van der Waals surface area (Å²) in [5, 5.41) is 3.38. The van der Waals surface area contributed by atoms with Gasteiger partial charge in [0, 0.05) is 26.7 Å². The van der Waals surface area contributed by atoms with Crippen LogP contribution in [0.3, 0.4) is 0 Å². The summed E-state index contributed by atoms with van der Waals surface area (Å²) in [5.74, 6) is 0.930. The Morgan fingerprint density at radius 3 is 2.49 bits per heavy atom. The molecule has 190 valence electrons. The Morgan fingerprint density at radius 2 is 1.80 bits per heavy atom. The van der Waals surface area contributed by atoms with Crippen molar-refractivity contribution in [3.8, 4) is 11.5 Å². The molecule has 1 amide bonds. The number of aromatic nitrogens is 4. The van der Waals surface area contributed by atoms with Crippen molar-refractivity contribution in [3.63, 3.8) is 0 Å². The van der Waals surface area contributed by atoms with Crippen LogP contribution in [0, 0.1) is 0 Å². The Hall–Kier alpha value is -3.21. The van der Waals surface area contributed by atoms with Gasteiger partial charge in [-0.2, -0.15) is 0 Å². The van der Waals surface area contributed by atoms with E-state index in [0.29, 0.717) is 40.1 Å². The quantitative estimate of drug-likeness (QED) is 0.299. The summed E-state index contributed by atoms with van der Waals surface area (Å²) in [5.41, 5.74) is 0.412. The maximum atomic E-state index is 12.9. The van der Waals surface area contributed by atoms with Crippen LogP contribution in [-0.2, 0) is 25.4 Å². The number of rotatable bonds is 12. The van der Waals surface area contributed by atoms with E-state index in [1.807, 2.05) is 4.57 Å². The van der Waals surface area contributed by atoms with Gasteiger partial charge in [-0.1, -0.05) is 44.4 Å². The fourth-order valence-electron chi connectivity index (χ4n) is 3.84. The minimum Gasteiger partial charge on any atom is -0.497 e. The summed E-state index contributed by atoms with van der Waals surface area (Å²) in [4.78, 5) is 42.7. The highest BCUT2D eigenvalue weighted by Crippen LogP contribution is 2.29. The van der Waals surface area contributed by atoms with Crippen LogP contribution >= 0.6 is 11.8 Å². The predicted molar refractivity (Wildman–Crippen MR) is 138 cm³/mol. The molecule has 11 heteroatoms. The van der Waals surface area contributed by atoms with Crippen LogP contribution < -0.4 is 26.0 Å². The number of nitrogens with zero attached hydrogens (tertiary/aromatic N) is 4. The molecule has 35 heavy (non-hydrogen) atoms. The molecule has 0 saturated heterocycles. The first-order valence-electron chi connectivity index (χ1n) is 11.6. The zero-order chi connectivity index (χ0) is 25.5. The molecule has 0 aliphatic heterocycles. The monoisotopic (exact) mass is 503 g/mol. The number of unbranched alkanes of at least 4 members (excludes halogenated alkanes) is 4. The molecule has 0 fully saturated rings. The SMILES string of the molecule is CCCCCCCn1c(SCC(=O)Nc2ccc(OC)cc2OC)nc2c1c(=O)n(C)c(=O)n2C. The maximum Gasteiger partial charge on any atom is 0.332 e. The third kappa shape index (κ3) is 5.90. The second-order valence-electron chi connectivity index (χ2n) is 8.24. The van der Waals surface area contributed by atoms with Gasteiger partial charge < -0.3 is 19.4 Å². The lowest BCUT2D eigenvalue weighted by Crippen LogP contribution is -2.37. The number of benzene rings is 1. The van der Waals surface area contributed by atoms with Gasteiger partial charge in [0.15, 0.2) is 16.3 Å². The number of amides is 1. The van der Waals surface area contributed by atoms with Crippen LogP contribution in [-0.4, -0.2) is 44.6 Å². The van der Waals surface area contributed by atoms with Gasteiger partial charge in [-0.05, 0) is 18.6 Å². The number of ether oxygens (including phenoxy) is 2. The lowest BCUT2D eigenvalue weighted by molar-refractivity contribution is -0.113. The lowest BCUT2D eigenvalue weighted by Gasteiger charge is -2.12. The second-order valence-corrected chi connectivity index (χ2v) is 9.18. The summed E-state index contributed by atoms with van der Waals surface area (Å²) >= 11 is 1.23. The van der Waals surface area contributed by atoms with E-state index in [1.54, 1.807) is 32.4 Å². The van der Waals surface area contributed by atoms with Crippen molar-refractivity contribution >= 4 is 34.5 Å². The highest BCUT2D eigenvalue weighted by Gasteiger charge is 2.20. The molecule has 0 saturated carbocycles. The summed E-state index contributed by atoms with van der Waals surface area (Å²) in [6.07, 6.45) is 5.33. The number of anilines is 1. The highest BCUT2D eigenvalue weighted by molar-refractivity contribution is 7.99. The first-order chi connectivity index (χ1) is 16.8. The molecule has 1 aromatic carbocycles. The number of methoxy groups -OCH3 is 2. The second kappa shape index (κ2) is 12.0. The van der Waals surface area contributed by atoms with E-state index < -0.39 is 5.69 Å². The third-order valence-corrected chi connectivity index (χ3v) is 6.79. The van der Waals surface area contributed by atoms with Crippen LogP contribution in [0.15, 0.2) is 32.9 Å². The van der Waals surface area contributed by atoms with Crippen molar-refractivity contribution in [2.24, 2.45) is 14.1 Å². The summed E-state index contributed by atoms with van der Waals surface area (Å²) in [6.45, 7) is 2.75. The largest absolute Gasteiger partial charge is 0.497 e. The Labute approximate surface area is 208 Å². The Kier molecular flexibility index (Phi) is 9.02. The number of carbonyl (C=O) groups excluding carboxylic acids is 1. The molecule has 0 radical (unpaired) electrons. The summed E-state index contributed by atoms with van der Waals surface area (Å²) < 4.78 is 14.8. The number of carbonyl (C=O) groups is 1. The Morgan fingerprint density at radius 1 is 1.06 bits per heavy atom. The smallest absolute Gasteiger partial charge is 0.332 e. The van der Waals surface area contributed by atoms with Crippen molar-refractivity contribution in [2.75, 3.05) is 25.3 Å². The predicted octanol–water partition coefficient (Wildman–Crippen LogP) is 3.15. The first kappa shape index (κ1) is 26.4. The van der Waals surface area contributed by atoms with Crippen LogP contribution in [0.4, 0.5) is 5.69 Å². The minimum absolute atomic E-state index is 0.0720. The molecule has 2 aromatic heterocycles. The van der Waals surface area contributed by atoms with Crippen LogP contribution in [0.1, 0.15) is 39.0 Å². The van der Waals surface area contributed by atoms with E-state index in [4.69, 9.17) is 9.47 Å². The van der Waals surface area contributed by atoms with Gasteiger partial charge in [0.1, 0.15) is 11.5 Å². The van der Waals surface area contributed by atoms with E-state index in [0.717, 1.165) is 36.7 Å². The molecule has 0 aliphatic rings. The van der Waals surface area contributed by atoms with E-state index in [1.165, 1.54) is 30.5 Å². The molecule has 10 nitrogen and oxygen atoms in total. The van der Waals surface area contributed by atoms with Gasteiger partial charge in [-0.15, -0.1) is 0 Å². The first-order valence-corrected chi connectivity index (χ1v) is 12.6. The molecule has 0 spiro atoms. The number of hydrogen-bond donors (Lipinski definition) is 1. The van der Waals surface area contributed by atoms with Gasteiger partial charge in [-0.3, -0.25) is 18.7 Å². The standard InChI is InChI=1S/C24H33N5O5S/c1-6-7-8-9-10-13-29-20-21(27(2)24(32)28(3)22(20)31)26-23(29)35-15-19(30)25-17-12-11-16(33-4)14-18(17)34-5/h11-12,14H,6-10,13,15H2,1-5H3,(H,25,30). The summed E-state index contributed by atoms with van der Waals surface area (Å²) in [7, 11) is 6.14. The maximum absolute atomic E-state index is 12.9. The van der Waals surface area contributed by atoms with Gasteiger partial charge in [0.25, 0.3) is 5.56 Å². The number of hydrogen-bond acceptors (Lipinski definition) is 7. The molecule has 2 heterocycles. The molecule has 3 aromatic rings. The van der Waals surface area contributed by atoms with E-state index in [2.05, 4.69) is 17.2 Å². The van der Waals surface area contributed by atoms with E-state index >= 15 is 0 Å². The van der Waals surface area contributed by atoms with E-state index in [-0.39, 0.29) is 17.2 Å². The Balaban J connectivity index is 1.84. The fraction of sp³-hybridized carbons (Fsp3) is 0.500. The van der Waals surface area contributed by atoms with Gasteiger partial charge in [0.05, 0.1) is 25.7 Å². The summed E-state index contributed by atoms with van der Waals surface area (Å²) in [6, 6.07) is 5.14. The Bertz CT molecular complexity index is 1310. The molecular formula is C24H33N5O5S. The number of fused-ring (bicyclic) bond motifs is 1. The number of thioether (sulfide) groups is 1. The van der Waals surface area contributed by atoms with Crippen molar-refractivity contribution < 1.29 is 14.3 Å². The lowest BCUT2D eigenvalue weighted by atomic mass is 10.1. The van der Waals surface area contributed by atoms with Crippen LogP contribution in [0.2, 0.25) is 0 Å². The number of nitrogens with one attached hydrogen (secondary N) is 1. The molecule has 0 bridgehead atoms. The molecule has 0 aliphatic carbocycles. The van der Waals surface area contributed by atoms with Crippen molar-refractivity contribution in [1.82, 2.24) is 18.7 Å². The minimum atomic E-state index is -0.434. The van der Waals surface area contributed by atoms with Gasteiger partial charge in [0.2, 0.25) is 5.91 Å². The van der Waals surface area contributed by atoms with Gasteiger partial charge in [-0.25, -0.2) is 9.78 Å². The van der Waals surface area contributed by atoms with Crippen molar-refractivity contribution in [2.45, 2.75) is 50.7 Å². The number of aryl methyl sites for hydroxylation is 2. The zero-order valence-electron chi connectivity index (χ0n) is 20.9. The average molecular weight is 504 g/mol. The van der Waals surface area contributed by atoms with Crippen LogP contribution in [0.5, 0.6) is 11.5 Å². The van der Waals surface area contributed by atoms with Crippen LogP contribution in [0.25, 0.3) is 11.2 Å². The molecule has 0 atom stereocenters. The average Bonchev–Trinajstić information content (AvgIpc) is 3.23. The van der Waals surface area contributed by atoms with Crippen molar-refractivity contribution in [3.05, 3.63) is 39.0 Å². The molecule has 3 rings (SSSR count). The fourth-order valence-corrected chi connectivity index (χ4v) is 4.66.